The Morgan fingerprint density at radius 3 is 2.62 bits per heavy atom. The maximum absolute atomic E-state index is 5.33. The molecule has 0 spiro atoms. The van der Waals surface area contributed by atoms with E-state index in [9.17, 15) is 0 Å². The molecule has 3 rings (SSSR count). The summed E-state index contributed by atoms with van der Waals surface area (Å²) in [7, 11) is 2.03. The molecule has 1 saturated heterocycles. The van der Waals surface area contributed by atoms with Gasteiger partial charge in [-0.1, -0.05) is 23.4 Å². The predicted octanol–water partition coefficient (Wildman–Crippen LogP) is 2.34. The Kier molecular flexibility index (Phi) is 5.73. The van der Waals surface area contributed by atoms with Crippen LogP contribution < -0.4 is 5.32 Å². The van der Waals surface area contributed by atoms with Crippen LogP contribution in [0, 0.1) is 0 Å². The van der Waals surface area contributed by atoms with Crippen LogP contribution in [-0.4, -0.2) is 41.2 Å². The fourth-order valence-electron chi connectivity index (χ4n) is 2.60. The zero-order valence-corrected chi connectivity index (χ0v) is 13.0. The average molecular weight is 309 g/mol. The number of nitrogens with zero attached hydrogens (tertiary/aromatic N) is 3. The highest BCUT2D eigenvalue weighted by molar-refractivity contribution is 5.85. The van der Waals surface area contributed by atoms with Gasteiger partial charge in [-0.25, -0.2) is 0 Å². The maximum atomic E-state index is 5.33. The lowest BCUT2D eigenvalue weighted by molar-refractivity contribution is 0.188. The summed E-state index contributed by atoms with van der Waals surface area (Å²) in [6.07, 6.45) is 2.36. The van der Waals surface area contributed by atoms with Crippen LogP contribution in [0.1, 0.15) is 18.7 Å². The minimum absolute atomic E-state index is 0. The molecule has 2 heterocycles. The molecule has 0 radical (unpaired) electrons. The fourth-order valence-corrected chi connectivity index (χ4v) is 2.60. The minimum Gasteiger partial charge on any atom is -0.334 e. The first-order valence-corrected chi connectivity index (χ1v) is 7.13. The second-order valence-corrected chi connectivity index (χ2v) is 5.22. The Balaban J connectivity index is 0.00000161. The number of likely N-dealkylation sites (tertiary alicyclic amines) is 1. The molecule has 0 unspecified atom stereocenters. The van der Waals surface area contributed by atoms with Crippen molar-refractivity contribution in [3.63, 3.8) is 0 Å². The number of hydrogen-bond acceptors (Lipinski definition) is 5. The molecule has 1 aromatic carbocycles. The van der Waals surface area contributed by atoms with Crippen molar-refractivity contribution in [3.05, 3.63) is 36.2 Å². The molecule has 2 aromatic rings. The van der Waals surface area contributed by atoms with Crippen LogP contribution >= 0.6 is 12.4 Å². The van der Waals surface area contributed by atoms with Crippen molar-refractivity contribution >= 4 is 12.4 Å². The van der Waals surface area contributed by atoms with E-state index in [4.69, 9.17) is 4.52 Å². The first kappa shape index (κ1) is 15.9. The van der Waals surface area contributed by atoms with E-state index in [1.807, 2.05) is 37.4 Å². The summed E-state index contributed by atoms with van der Waals surface area (Å²) in [5, 5.41) is 7.42. The van der Waals surface area contributed by atoms with Crippen molar-refractivity contribution in [2.75, 3.05) is 20.1 Å². The van der Waals surface area contributed by atoms with Crippen LogP contribution in [0.25, 0.3) is 11.5 Å². The first-order valence-electron chi connectivity index (χ1n) is 7.13. The quantitative estimate of drug-likeness (QED) is 0.939. The van der Waals surface area contributed by atoms with Gasteiger partial charge in [0.05, 0.1) is 6.54 Å². The van der Waals surface area contributed by atoms with Crippen molar-refractivity contribution in [1.29, 1.82) is 0 Å². The number of rotatable bonds is 4. The molecule has 6 heteroatoms. The predicted molar refractivity (Wildman–Crippen MR) is 84.3 cm³/mol. The van der Waals surface area contributed by atoms with E-state index in [2.05, 4.69) is 20.4 Å². The minimum atomic E-state index is 0. The van der Waals surface area contributed by atoms with E-state index in [-0.39, 0.29) is 12.4 Å². The molecule has 1 N–H and O–H groups in total. The summed E-state index contributed by atoms with van der Waals surface area (Å²) >= 11 is 0. The van der Waals surface area contributed by atoms with Gasteiger partial charge in [0.1, 0.15) is 0 Å². The van der Waals surface area contributed by atoms with Gasteiger partial charge >= 0.3 is 0 Å². The number of halogens is 1. The topological polar surface area (TPSA) is 54.2 Å². The van der Waals surface area contributed by atoms with E-state index < -0.39 is 0 Å². The van der Waals surface area contributed by atoms with Gasteiger partial charge in [-0.05, 0) is 32.0 Å². The number of nitrogens with one attached hydrogen (secondary N) is 1. The summed E-state index contributed by atoms with van der Waals surface area (Å²) in [5.74, 6) is 1.37. The van der Waals surface area contributed by atoms with Gasteiger partial charge in [0, 0.05) is 24.7 Å². The van der Waals surface area contributed by atoms with Crippen molar-refractivity contribution in [2.45, 2.75) is 25.4 Å². The molecule has 5 nitrogen and oxygen atoms in total. The average Bonchev–Trinajstić information content (AvgIpc) is 2.97. The van der Waals surface area contributed by atoms with Gasteiger partial charge in [-0.2, -0.15) is 4.98 Å². The summed E-state index contributed by atoms with van der Waals surface area (Å²) in [6, 6.07) is 10.5. The summed E-state index contributed by atoms with van der Waals surface area (Å²) in [5.41, 5.74) is 0.972. The van der Waals surface area contributed by atoms with Crippen molar-refractivity contribution in [2.24, 2.45) is 0 Å². The van der Waals surface area contributed by atoms with E-state index in [1.54, 1.807) is 0 Å². The first-order chi connectivity index (χ1) is 9.85. The third-order valence-electron chi connectivity index (χ3n) is 3.85. The van der Waals surface area contributed by atoms with Gasteiger partial charge in [-0.15, -0.1) is 12.4 Å². The van der Waals surface area contributed by atoms with E-state index in [0.717, 1.165) is 31.0 Å². The molecule has 1 aromatic heterocycles. The molecule has 114 valence electrons. The number of aromatic nitrogens is 2. The summed E-state index contributed by atoms with van der Waals surface area (Å²) in [4.78, 5) is 6.86. The van der Waals surface area contributed by atoms with E-state index in [0.29, 0.717) is 11.9 Å². The number of piperidine rings is 1. The monoisotopic (exact) mass is 308 g/mol. The molecular formula is C15H21ClN4O. The maximum Gasteiger partial charge on any atom is 0.257 e. The lowest BCUT2D eigenvalue weighted by Gasteiger charge is -2.30. The lowest BCUT2D eigenvalue weighted by Crippen LogP contribution is -2.40. The molecule has 0 atom stereocenters. The molecule has 0 amide bonds. The molecule has 1 aliphatic heterocycles. The number of hydrogen-bond donors (Lipinski definition) is 1. The zero-order chi connectivity index (χ0) is 13.8. The zero-order valence-electron chi connectivity index (χ0n) is 12.2. The van der Waals surface area contributed by atoms with Crippen molar-refractivity contribution in [3.8, 4) is 11.5 Å². The Hall–Kier alpha value is -1.43. The molecule has 0 bridgehead atoms. The Labute approximate surface area is 131 Å². The summed E-state index contributed by atoms with van der Waals surface area (Å²) in [6.45, 7) is 2.94. The van der Waals surface area contributed by atoms with Crippen LogP contribution in [0.4, 0.5) is 0 Å². The van der Waals surface area contributed by atoms with Gasteiger partial charge in [-0.3, -0.25) is 4.90 Å². The molecule has 0 aliphatic carbocycles. The van der Waals surface area contributed by atoms with Crippen LogP contribution in [0.2, 0.25) is 0 Å². The van der Waals surface area contributed by atoms with Gasteiger partial charge in [0.25, 0.3) is 5.89 Å². The second-order valence-electron chi connectivity index (χ2n) is 5.22. The Morgan fingerprint density at radius 1 is 1.24 bits per heavy atom. The fraction of sp³-hybridized carbons (Fsp3) is 0.467. The largest absolute Gasteiger partial charge is 0.334 e. The van der Waals surface area contributed by atoms with Crippen LogP contribution in [0.15, 0.2) is 34.9 Å². The van der Waals surface area contributed by atoms with Gasteiger partial charge < -0.3 is 9.84 Å². The van der Waals surface area contributed by atoms with Crippen molar-refractivity contribution < 1.29 is 4.52 Å². The highest BCUT2D eigenvalue weighted by Gasteiger charge is 2.19. The molecular weight excluding hydrogens is 288 g/mol. The molecule has 21 heavy (non-hydrogen) atoms. The molecule has 1 aliphatic rings. The van der Waals surface area contributed by atoms with E-state index in [1.165, 1.54) is 12.8 Å². The van der Waals surface area contributed by atoms with Crippen LogP contribution in [-0.2, 0) is 6.54 Å². The third kappa shape index (κ3) is 4.03. The van der Waals surface area contributed by atoms with E-state index >= 15 is 0 Å². The molecule has 1 fully saturated rings. The highest BCUT2D eigenvalue weighted by Crippen LogP contribution is 2.18. The number of benzene rings is 1. The summed E-state index contributed by atoms with van der Waals surface area (Å²) < 4.78 is 5.33. The Bertz CT molecular complexity index is 538. The Morgan fingerprint density at radius 2 is 1.95 bits per heavy atom. The lowest BCUT2D eigenvalue weighted by atomic mass is 10.1. The van der Waals surface area contributed by atoms with Crippen LogP contribution in [0.3, 0.4) is 0 Å². The van der Waals surface area contributed by atoms with Crippen LogP contribution in [0.5, 0.6) is 0 Å². The van der Waals surface area contributed by atoms with Gasteiger partial charge in [0.2, 0.25) is 0 Å². The highest BCUT2D eigenvalue weighted by atomic mass is 35.5. The smallest absolute Gasteiger partial charge is 0.257 e. The second kappa shape index (κ2) is 7.54. The van der Waals surface area contributed by atoms with Gasteiger partial charge in [0.15, 0.2) is 5.82 Å². The normalized spacial score (nSPS) is 16.6. The standard InChI is InChI=1S/C15H20N4O.ClH/c1-16-13-7-9-19(10-8-13)11-14-17-15(20-18-14)12-5-3-2-4-6-12;/h2-6,13,16H,7-11H2,1H3;1H. The molecule has 0 saturated carbocycles. The third-order valence-corrected chi connectivity index (χ3v) is 3.85. The SMILES string of the molecule is CNC1CCN(Cc2noc(-c3ccccc3)n2)CC1.Cl. The van der Waals surface area contributed by atoms with Crippen molar-refractivity contribution in [1.82, 2.24) is 20.4 Å².